The number of halogens is 1. The van der Waals surface area contributed by atoms with Gasteiger partial charge in [0.15, 0.2) is 6.67 Å². The smallest absolute Gasteiger partial charge is 0.207 e. The molecule has 2 aromatic carbocycles. The molecule has 1 unspecified atom stereocenters. The molecular weight excluding hydrogens is 335 g/mol. The predicted molar refractivity (Wildman–Crippen MR) is 98.9 cm³/mol. The van der Waals surface area contributed by atoms with Crippen LogP contribution in [0.1, 0.15) is 16.7 Å². The third-order valence-corrected chi connectivity index (χ3v) is 4.57. The van der Waals surface area contributed by atoms with Crippen molar-refractivity contribution >= 4 is 12.2 Å². The molecule has 0 radical (unpaired) electrons. The molecule has 6 heteroatoms. The van der Waals surface area contributed by atoms with Crippen LogP contribution in [-0.4, -0.2) is 21.4 Å². The van der Waals surface area contributed by atoms with Crippen LogP contribution in [-0.2, 0) is 13.2 Å². The lowest BCUT2D eigenvalue weighted by molar-refractivity contribution is -0.917. The van der Waals surface area contributed by atoms with Crippen LogP contribution >= 0.6 is 12.2 Å². The molecule has 0 fully saturated rings. The summed E-state index contributed by atoms with van der Waals surface area (Å²) in [6, 6.07) is 13.0. The van der Waals surface area contributed by atoms with Crippen molar-refractivity contribution in [1.29, 1.82) is 0 Å². The second-order valence-electron chi connectivity index (χ2n) is 6.49. The van der Waals surface area contributed by atoms with Gasteiger partial charge in [-0.25, -0.2) is 4.39 Å². The Balaban J connectivity index is 1.78. The Morgan fingerprint density at radius 2 is 1.96 bits per heavy atom. The van der Waals surface area contributed by atoms with Crippen molar-refractivity contribution in [3.8, 4) is 5.69 Å². The summed E-state index contributed by atoms with van der Waals surface area (Å²) < 4.78 is 17.7. The SMILES string of the molecule is Cc1ccc(-n2cnn(C[NH+](C)Cc3cccc(F)c3)c2=S)c(C)c1. The zero-order valence-electron chi connectivity index (χ0n) is 14.7. The summed E-state index contributed by atoms with van der Waals surface area (Å²) >= 11 is 5.59. The number of hydrogen-bond acceptors (Lipinski definition) is 2. The van der Waals surface area contributed by atoms with Gasteiger partial charge in [-0.15, -0.1) is 0 Å². The van der Waals surface area contributed by atoms with E-state index in [-0.39, 0.29) is 5.82 Å². The monoisotopic (exact) mass is 357 g/mol. The van der Waals surface area contributed by atoms with Gasteiger partial charge in [0.1, 0.15) is 18.7 Å². The number of aromatic nitrogens is 3. The van der Waals surface area contributed by atoms with Crippen LogP contribution in [0, 0.1) is 24.4 Å². The Morgan fingerprint density at radius 3 is 2.68 bits per heavy atom. The van der Waals surface area contributed by atoms with Crippen molar-refractivity contribution in [2.24, 2.45) is 0 Å². The number of nitrogens with zero attached hydrogens (tertiary/aromatic N) is 3. The minimum Gasteiger partial charge on any atom is -0.315 e. The van der Waals surface area contributed by atoms with Crippen LogP contribution in [0.25, 0.3) is 5.69 Å². The molecule has 4 nitrogen and oxygen atoms in total. The average Bonchev–Trinajstić information content (AvgIpc) is 2.88. The highest BCUT2D eigenvalue weighted by Crippen LogP contribution is 2.15. The maximum Gasteiger partial charge on any atom is 0.207 e. The molecule has 0 bridgehead atoms. The fourth-order valence-corrected chi connectivity index (χ4v) is 3.25. The third kappa shape index (κ3) is 4.03. The Bertz CT molecular complexity index is 945. The van der Waals surface area contributed by atoms with Crippen molar-refractivity contribution in [2.45, 2.75) is 27.1 Å². The summed E-state index contributed by atoms with van der Waals surface area (Å²) in [6.45, 7) is 5.47. The van der Waals surface area contributed by atoms with Gasteiger partial charge in [0.05, 0.1) is 12.7 Å². The van der Waals surface area contributed by atoms with Crippen molar-refractivity contribution in [3.63, 3.8) is 0 Å². The minimum absolute atomic E-state index is 0.207. The zero-order chi connectivity index (χ0) is 18.0. The molecule has 1 heterocycles. The summed E-state index contributed by atoms with van der Waals surface area (Å²) in [7, 11) is 2.04. The van der Waals surface area contributed by atoms with E-state index in [4.69, 9.17) is 12.2 Å². The second kappa shape index (κ2) is 7.29. The van der Waals surface area contributed by atoms with Gasteiger partial charge in [0.25, 0.3) is 0 Å². The molecule has 1 aromatic heterocycles. The van der Waals surface area contributed by atoms with Gasteiger partial charge in [0.2, 0.25) is 4.77 Å². The van der Waals surface area contributed by atoms with Gasteiger partial charge in [-0.3, -0.25) is 4.57 Å². The first-order valence-electron chi connectivity index (χ1n) is 8.22. The Kier molecular flexibility index (Phi) is 5.11. The molecule has 130 valence electrons. The number of benzene rings is 2. The average molecular weight is 357 g/mol. The maximum atomic E-state index is 13.3. The lowest BCUT2D eigenvalue weighted by Gasteiger charge is -2.14. The third-order valence-electron chi connectivity index (χ3n) is 4.16. The Labute approximate surface area is 152 Å². The van der Waals surface area contributed by atoms with Crippen molar-refractivity contribution in [3.05, 3.63) is 76.1 Å². The first-order valence-corrected chi connectivity index (χ1v) is 8.62. The molecule has 0 saturated heterocycles. The van der Waals surface area contributed by atoms with E-state index in [1.54, 1.807) is 18.5 Å². The van der Waals surface area contributed by atoms with E-state index in [1.165, 1.54) is 16.5 Å². The first-order chi connectivity index (χ1) is 11.9. The lowest BCUT2D eigenvalue weighted by atomic mass is 10.1. The molecule has 1 N–H and O–H groups in total. The summed E-state index contributed by atoms with van der Waals surface area (Å²) in [6.07, 6.45) is 1.76. The molecule has 0 amide bonds. The van der Waals surface area contributed by atoms with Crippen LogP contribution in [0.3, 0.4) is 0 Å². The molecule has 0 aliphatic rings. The highest BCUT2D eigenvalue weighted by Gasteiger charge is 2.11. The van der Waals surface area contributed by atoms with Crippen LogP contribution < -0.4 is 4.90 Å². The highest BCUT2D eigenvalue weighted by molar-refractivity contribution is 7.71. The van der Waals surface area contributed by atoms with Gasteiger partial charge in [-0.2, -0.15) is 9.78 Å². The fourth-order valence-electron chi connectivity index (χ4n) is 2.99. The number of rotatable bonds is 5. The molecule has 3 aromatic rings. The summed E-state index contributed by atoms with van der Waals surface area (Å²) in [4.78, 5) is 1.17. The van der Waals surface area contributed by atoms with Gasteiger partial charge in [-0.05, 0) is 49.8 Å². The Morgan fingerprint density at radius 1 is 1.16 bits per heavy atom. The quantitative estimate of drug-likeness (QED) is 0.711. The van der Waals surface area contributed by atoms with E-state index in [0.717, 1.165) is 16.8 Å². The van der Waals surface area contributed by atoms with Crippen molar-refractivity contribution in [2.75, 3.05) is 7.05 Å². The molecular formula is C19H22FN4S+. The zero-order valence-corrected chi connectivity index (χ0v) is 15.5. The minimum atomic E-state index is -0.207. The van der Waals surface area contributed by atoms with Crippen LogP contribution in [0.2, 0.25) is 0 Å². The topological polar surface area (TPSA) is 27.2 Å². The molecule has 3 rings (SSSR count). The van der Waals surface area contributed by atoms with E-state index >= 15 is 0 Å². The number of nitrogens with one attached hydrogen (secondary N) is 1. The summed E-state index contributed by atoms with van der Waals surface area (Å²) in [5, 5.41) is 4.44. The van der Waals surface area contributed by atoms with Crippen molar-refractivity contribution < 1.29 is 9.29 Å². The molecule has 0 spiro atoms. The standard InChI is InChI=1S/C19H21FN4S/c1-14-7-8-18(15(2)9-14)23-12-21-24(19(23)25)13-22(3)11-16-5-4-6-17(20)10-16/h4-10,12H,11,13H2,1-3H3/p+1. The largest absolute Gasteiger partial charge is 0.315 e. The van der Waals surface area contributed by atoms with E-state index < -0.39 is 0 Å². The van der Waals surface area contributed by atoms with Crippen molar-refractivity contribution in [1.82, 2.24) is 14.3 Å². The maximum absolute atomic E-state index is 13.3. The highest BCUT2D eigenvalue weighted by atomic mass is 32.1. The normalized spacial score (nSPS) is 12.3. The second-order valence-corrected chi connectivity index (χ2v) is 6.86. The van der Waals surface area contributed by atoms with Crippen LogP contribution in [0.5, 0.6) is 0 Å². The van der Waals surface area contributed by atoms with E-state index in [2.05, 4.69) is 37.1 Å². The lowest BCUT2D eigenvalue weighted by Crippen LogP contribution is -3.07. The Hall–Kier alpha value is -2.31. The number of hydrogen-bond donors (Lipinski definition) is 1. The fraction of sp³-hybridized carbons (Fsp3) is 0.263. The molecule has 0 aliphatic carbocycles. The number of aryl methyl sites for hydroxylation is 2. The molecule has 1 atom stereocenters. The predicted octanol–water partition coefficient (Wildman–Crippen LogP) is 2.83. The van der Waals surface area contributed by atoms with Crippen LogP contribution in [0.4, 0.5) is 4.39 Å². The van der Waals surface area contributed by atoms with Gasteiger partial charge < -0.3 is 4.90 Å². The van der Waals surface area contributed by atoms with Gasteiger partial charge in [0, 0.05) is 5.56 Å². The number of quaternary nitrogens is 1. The first kappa shape index (κ1) is 17.5. The molecule has 25 heavy (non-hydrogen) atoms. The van der Waals surface area contributed by atoms with Gasteiger partial charge >= 0.3 is 0 Å². The summed E-state index contributed by atoms with van der Waals surface area (Å²) in [5.74, 6) is -0.207. The van der Waals surface area contributed by atoms with E-state index in [0.29, 0.717) is 18.0 Å². The van der Waals surface area contributed by atoms with E-state index in [1.807, 2.05) is 22.4 Å². The van der Waals surface area contributed by atoms with E-state index in [9.17, 15) is 4.39 Å². The van der Waals surface area contributed by atoms with Gasteiger partial charge in [-0.1, -0.05) is 29.8 Å². The summed E-state index contributed by atoms with van der Waals surface area (Å²) in [5.41, 5.74) is 4.39. The van der Waals surface area contributed by atoms with Crippen LogP contribution in [0.15, 0.2) is 48.8 Å². The molecule has 0 aliphatic heterocycles. The molecule has 0 saturated carbocycles.